The standard InChI is InChI=1S/C20H18FN7/c1-28-11-23-18(17-10-12(8-9-22-17)20-24-26-27-25-20)19(28)15-6-7-16(21)14-5-3-2-4-13(14)15/h2-11,20,24-27H,1H3. The molecule has 0 radical (unpaired) electrons. The average molecular weight is 375 g/mol. The van der Waals surface area contributed by atoms with Crippen LogP contribution >= 0.6 is 0 Å². The molecule has 0 atom stereocenters. The molecule has 4 aromatic rings. The number of hydrazine groups is 3. The fraction of sp³-hybridized carbons (Fsp3) is 0.100. The van der Waals surface area contributed by atoms with Crippen LogP contribution in [0.25, 0.3) is 33.4 Å². The highest BCUT2D eigenvalue weighted by molar-refractivity contribution is 5.98. The van der Waals surface area contributed by atoms with Gasteiger partial charge in [-0.15, -0.1) is 0 Å². The Morgan fingerprint density at radius 3 is 2.57 bits per heavy atom. The summed E-state index contributed by atoms with van der Waals surface area (Å²) in [6.45, 7) is 0. The minimum atomic E-state index is -0.235. The van der Waals surface area contributed by atoms with E-state index in [9.17, 15) is 4.39 Å². The lowest BCUT2D eigenvalue weighted by Gasteiger charge is -2.12. The Labute approximate surface area is 160 Å². The van der Waals surface area contributed by atoms with Crippen molar-refractivity contribution in [3.8, 4) is 22.6 Å². The number of nitrogens with zero attached hydrogens (tertiary/aromatic N) is 3. The lowest BCUT2D eigenvalue weighted by atomic mass is 9.99. The normalized spacial score (nSPS) is 14.8. The van der Waals surface area contributed by atoms with Gasteiger partial charge < -0.3 is 4.57 Å². The minimum Gasteiger partial charge on any atom is -0.333 e. The lowest BCUT2D eigenvalue weighted by molar-refractivity contribution is 0.554. The van der Waals surface area contributed by atoms with E-state index >= 15 is 0 Å². The lowest BCUT2D eigenvalue weighted by Crippen LogP contribution is -2.33. The molecule has 1 saturated heterocycles. The molecule has 1 aliphatic rings. The molecule has 0 amide bonds. The Hall–Kier alpha value is -3.17. The van der Waals surface area contributed by atoms with Crippen molar-refractivity contribution in [2.24, 2.45) is 7.05 Å². The van der Waals surface area contributed by atoms with E-state index in [0.29, 0.717) is 5.39 Å². The van der Waals surface area contributed by atoms with Crippen LogP contribution in [-0.4, -0.2) is 14.5 Å². The van der Waals surface area contributed by atoms with Crippen molar-refractivity contribution in [3.05, 3.63) is 72.4 Å². The SMILES string of the molecule is Cn1cnc(-c2cc(C3NNNN3)ccn2)c1-c1ccc(F)c2ccccc12. The first-order chi connectivity index (χ1) is 13.7. The van der Waals surface area contributed by atoms with Crippen LogP contribution in [-0.2, 0) is 7.05 Å². The van der Waals surface area contributed by atoms with Gasteiger partial charge in [-0.3, -0.25) is 4.98 Å². The first-order valence-corrected chi connectivity index (χ1v) is 8.89. The minimum absolute atomic E-state index is 0.0967. The molecule has 7 nitrogen and oxygen atoms in total. The van der Waals surface area contributed by atoms with Crippen molar-refractivity contribution >= 4 is 10.8 Å². The number of fused-ring (bicyclic) bond motifs is 1. The van der Waals surface area contributed by atoms with Crippen LogP contribution in [0.5, 0.6) is 0 Å². The Balaban J connectivity index is 1.68. The first kappa shape index (κ1) is 17.0. The zero-order chi connectivity index (χ0) is 19.1. The van der Waals surface area contributed by atoms with Crippen LogP contribution in [0.1, 0.15) is 11.7 Å². The van der Waals surface area contributed by atoms with Crippen molar-refractivity contribution < 1.29 is 4.39 Å². The topological polar surface area (TPSA) is 78.8 Å². The van der Waals surface area contributed by atoms with Gasteiger partial charge in [-0.1, -0.05) is 24.3 Å². The van der Waals surface area contributed by atoms with Crippen molar-refractivity contribution in [3.63, 3.8) is 0 Å². The van der Waals surface area contributed by atoms with E-state index in [1.807, 2.05) is 41.9 Å². The van der Waals surface area contributed by atoms with Gasteiger partial charge in [-0.25, -0.2) is 20.2 Å². The summed E-state index contributed by atoms with van der Waals surface area (Å²) in [6, 6.07) is 14.7. The smallest absolute Gasteiger partial charge is 0.131 e. The number of hydrogen-bond acceptors (Lipinski definition) is 6. The largest absolute Gasteiger partial charge is 0.333 e. The third-order valence-corrected chi connectivity index (χ3v) is 4.92. The van der Waals surface area contributed by atoms with Gasteiger partial charge in [0.15, 0.2) is 0 Å². The van der Waals surface area contributed by atoms with Crippen LogP contribution in [0.15, 0.2) is 61.1 Å². The maximum Gasteiger partial charge on any atom is 0.131 e. The quantitative estimate of drug-likeness (QED) is 0.441. The van der Waals surface area contributed by atoms with E-state index in [2.05, 4.69) is 31.9 Å². The van der Waals surface area contributed by atoms with E-state index in [4.69, 9.17) is 0 Å². The molecule has 140 valence electrons. The molecule has 3 heterocycles. The molecule has 1 aliphatic heterocycles. The number of nitrogens with one attached hydrogen (secondary N) is 4. The maximum absolute atomic E-state index is 14.3. The zero-order valence-electron chi connectivity index (χ0n) is 15.1. The number of rotatable bonds is 3. The Kier molecular flexibility index (Phi) is 4.10. The van der Waals surface area contributed by atoms with Crippen LogP contribution < -0.4 is 21.9 Å². The molecule has 28 heavy (non-hydrogen) atoms. The van der Waals surface area contributed by atoms with Crippen LogP contribution in [0.4, 0.5) is 4.39 Å². The Bertz CT molecular complexity index is 1160. The molecule has 4 N–H and O–H groups in total. The van der Waals surface area contributed by atoms with Gasteiger partial charge in [-0.05, 0) is 35.2 Å². The van der Waals surface area contributed by atoms with Gasteiger partial charge >= 0.3 is 0 Å². The third kappa shape index (κ3) is 2.76. The summed E-state index contributed by atoms with van der Waals surface area (Å²) in [5.74, 6) is -0.235. The molecular weight excluding hydrogens is 357 g/mol. The third-order valence-electron chi connectivity index (χ3n) is 4.92. The van der Waals surface area contributed by atoms with Crippen molar-refractivity contribution in [1.29, 1.82) is 0 Å². The summed E-state index contributed by atoms with van der Waals surface area (Å²) in [5.41, 5.74) is 16.1. The second-order valence-electron chi connectivity index (χ2n) is 6.64. The van der Waals surface area contributed by atoms with Gasteiger partial charge in [0, 0.05) is 24.2 Å². The molecule has 5 rings (SSSR count). The molecule has 1 fully saturated rings. The summed E-state index contributed by atoms with van der Waals surface area (Å²) in [6.07, 6.45) is 3.42. The van der Waals surface area contributed by atoms with Crippen LogP contribution in [0.2, 0.25) is 0 Å². The number of hydrogen-bond donors (Lipinski definition) is 4. The van der Waals surface area contributed by atoms with Gasteiger partial charge in [0.1, 0.15) is 17.7 Å². The fourth-order valence-electron chi connectivity index (χ4n) is 3.58. The summed E-state index contributed by atoms with van der Waals surface area (Å²) in [5, 5.41) is 1.43. The van der Waals surface area contributed by atoms with Crippen molar-refractivity contribution in [1.82, 2.24) is 36.5 Å². The average Bonchev–Trinajstić information content (AvgIpc) is 3.39. The second kappa shape index (κ2) is 6.77. The number of benzene rings is 2. The molecule has 0 aliphatic carbocycles. The molecule has 8 heteroatoms. The molecular formula is C20H18FN7. The van der Waals surface area contributed by atoms with Gasteiger partial charge in [0.25, 0.3) is 0 Å². The van der Waals surface area contributed by atoms with Gasteiger partial charge in [-0.2, -0.15) is 11.1 Å². The highest BCUT2D eigenvalue weighted by Gasteiger charge is 2.20. The number of aromatic nitrogens is 3. The number of aryl methyl sites for hydroxylation is 1. The molecule has 0 spiro atoms. The molecule has 0 unspecified atom stereocenters. The molecule has 0 bridgehead atoms. The van der Waals surface area contributed by atoms with Gasteiger partial charge in [0.2, 0.25) is 0 Å². The van der Waals surface area contributed by atoms with E-state index in [0.717, 1.165) is 33.6 Å². The first-order valence-electron chi connectivity index (χ1n) is 8.89. The van der Waals surface area contributed by atoms with Crippen molar-refractivity contribution in [2.45, 2.75) is 6.17 Å². The van der Waals surface area contributed by atoms with Crippen LogP contribution in [0.3, 0.4) is 0 Å². The highest BCUT2D eigenvalue weighted by atomic mass is 19.1. The summed E-state index contributed by atoms with van der Waals surface area (Å²) < 4.78 is 16.2. The summed E-state index contributed by atoms with van der Waals surface area (Å²) in [4.78, 5) is 9.13. The predicted molar refractivity (Wildman–Crippen MR) is 105 cm³/mol. The molecule has 2 aromatic heterocycles. The highest BCUT2D eigenvalue weighted by Crippen LogP contribution is 2.35. The van der Waals surface area contributed by atoms with E-state index in [-0.39, 0.29) is 12.0 Å². The predicted octanol–water partition coefficient (Wildman–Crippen LogP) is 2.56. The van der Waals surface area contributed by atoms with E-state index in [1.165, 1.54) is 6.07 Å². The summed E-state index contributed by atoms with van der Waals surface area (Å²) in [7, 11) is 1.93. The summed E-state index contributed by atoms with van der Waals surface area (Å²) >= 11 is 0. The monoisotopic (exact) mass is 375 g/mol. The Morgan fingerprint density at radius 2 is 1.75 bits per heavy atom. The fourth-order valence-corrected chi connectivity index (χ4v) is 3.58. The maximum atomic E-state index is 14.3. The number of pyridine rings is 1. The molecule has 0 saturated carbocycles. The number of halogens is 1. The van der Waals surface area contributed by atoms with Crippen molar-refractivity contribution in [2.75, 3.05) is 0 Å². The van der Waals surface area contributed by atoms with E-state index in [1.54, 1.807) is 24.7 Å². The van der Waals surface area contributed by atoms with E-state index < -0.39 is 0 Å². The number of imidazole rings is 1. The second-order valence-corrected chi connectivity index (χ2v) is 6.64. The molecule has 2 aromatic carbocycles. The zero-order valence-corrected chi connectivity index (χ0v) is 15.1. The van der Waals surface area contributed by atoms with Gasteiger partial charge in [0.05, 0.1) is 17.7 Å². The van der Waals surface area contributed by atoms with Crippen LogP contribution in [0, 0.1) is 5.82 Å². The Morgan fingerprint density at radius 1 is 0.964 bits per heavy atom.